The minimum Gasteiger partial charge on any atom is -0.371 e. The van der Waals surface area contributed by atoms with Crippen LogP contribution in [0.1, 0.15) is 24.2 Å². The van der Waals surface area contributed by atoms with Gasteiger partial charge in [0, 0.05) is 13.1 Å². The molecule has 1 aliphatic heterocycles. The molecule has 0 amide bonds. The standard InChI is InChI=1S/C12H16FNO/c1-2-9-5-10(7-11(13)6-9)12-8-14-3-4-15-12/h5-7,12,14H,2-4,8H2,1H3. The van der Waals surface area contributed by atoms with Gasteiger partial charge in [0.05, 0.1) is 12.7 Å². The predicted molar refractivity (Wildman–Crippen MR) is 57.3 cm³/mol. The molecular weight excluding hydrogens is 193 g/mol. The zero-order valence-corrected chi connectivity index (χ0v) is 8.92. The van der Waals surface area contributed by atoms with Crippen molar-refractivity contribution in [2.24, 2.45) is 0 Å². The minimum absolute atomic E-state index is 0.000231. The predicted octanol–water partition coefficient (Wildman–Crippen LogP) is 2.05. The van der Waals surface area contributed by atoms with Gasteiger partial charge in [-0.15, -0.1) is 0 Å². The van der Waals surface area contributed by atoms with Crippen molar-refractivity contribution in [2.75, 3.05) is 19.7 Å². The van der Waals surface area contributed by atoms with Crippen LogP contribution in [0.4, 0.5) is 4.39 Å². The van der Waals surface area contributed by atoms with Crippen LogP contribution >= 0.6 is 0 Å². The zero-order valence-electron chi connectivity index (χ0n) is 8.92. The van der Waals surface area contributed by atoms with Crippen LogP contribution < -0.4 is 5.32 Å². The smallest absolute Gasteiger partial charge is 0.123 e. The summed E-state index contributed by atoms with van der Waals surface area (Å²) in [5, 5.41) is 3.24. The third-order valence-electron chi connectivity index (χ3n) is 2.69. The van der Waals surface area contributed by atoms with E-state index in [0.717, 1.165) is 30.6 Å². The van der Waals surface area contributed by atoms with Gasteiger partial charge in [-0.25, -0.2) is 4.39 Å². The summed E-state index contributed by atoms with van der Waals surface area (Å²) in [5.41, 5.74) is 1.97. The minimum atomic E-state index is -0.168. The number of nitrogens with one attached hydrogen (secondary N) is 1. The van der Waals surface area contributed by atoms with Gasteiger partial charge in [-0.2, -0.15) is 0 Å². The number of hydrogen-bond acceptors (Lipinski definition) is 2. The topological polar surface area (TPSA) is 21.3 Å². The van der Waals surface area contributed by atoms with Crippen LogP contribution in [0.5, 0.6) is 0 Å². The first-order valence-electron chi connectivity index (χ1n) is 5.41. The van der Waals surface area contributed by atoms with E-state index in [9.17, 15) is 4.39 Å². The summed E-state index contributed by atoms with van der Waals surface area (Å²) in [6.45, 7) is 4.38. The summed E-state index contributed by atoms with van der Waals surface area (Å²) in [5.74, 6) is -0.168. The van der Waals surface area contributed by atoms with Crippen LogP contribution in [0.2, 0.25) is 0 Å². The van der Waals surface area contributed by atoms with Gasteiger partial charge in [0.1, 0.15) is 5.82 Å². The maximum Gasteiger partial charge on any atom is 0.123 e. The molecule has 3 heteroatoms. The molecule has 1 aliphatic rings. The molecule has 0 saturated carbocycles. The molecule has 1 unspecified atom stereocenters. The second-order valence-corrected chi connectivity index (χ2v) is 3.81. The molecule has 82 valence electrons. The van der Waals surface area contributed by atoms with Crippen molar-refractivity contribution >= 4 is 0 Å². The molecule has 15 heavy (non-hydrogen) atoms. The number of morpholine rings is 1. The third kappa shape index (κ3) is 2.55. The fourth-order valence-electron chi connectivity index (χ4n) is 1.84. The second kappa shape index (κ2) is 4.73. The normalized spacial score (nSPS) is 21.6. The van der Waals surface area contributed by atoms with Crippen molar-refractivity contribution in [1.82, 2.24) is 5.32 Å². The monoisotopic (exact) mass is 209 g/mol. The maximum atomic E-state index is 13.3. The first-order chi connectivity index (χ1) is 7.29. The van der Waals surface area contributed by atoms with Crippen molar-refractivity contribution in [3.63, 3.8) is 0 Å². The van der Waals surface area contributed by atoms with E-state index in [4.69, 9.17) is 4.74 Å². The molecule has 0 aliphatic carbocycles. The Morgan fingerprint density at radius 2 is 2.33 bits per heavy atom. The number of halogens is 1. The highest BCUT2D eigenvalue weighted by molar-refractivity contribution is 5.27. The molecule has 0 spiro atoms. The summed E-state index contributed by atoms with van der Waals surface area (Å²) in [4.78, 5) is 0. The van der Waals surface area contributed by atoms with Gasteiger partial charge in [0.25, 0.3) is 0 Å². The Bertz CT molecular complexity index is 334. The number of aryl methyl sites for hydroxylation is 1. The van der Waals surface area contributed by atoms with Gasteiger partial charge in [0.2, 0.25) is 0 Å². The van der Waals surface area contributed by atoms with E-state index in [-0.39, 0.29) is 11.9 Å². The Kier molecular flexibility index (Phi) is 3.34. The fraction of sp³-hybridized carbons (Fsp3) is 0.500. The fourth-order valence-corrected chi connectivity index (χ4v) is 1.84. The first kappa shape index (κ1) is 10.6. The van der Waals surface area contributed by atoms with Gasteiger partial charge < -0.3 is 10.1 Å². The number of ether oxygens (including phenoxy) is 1. The molecule has 1 aromatic carbocycles. The first-order valence-corrected chi connectivity index (χ1v) is 5.41. The van der Waals surface area contributed by atoms with E-state index in [1.165, 1.54) is 0 Å². The number of hydrogen-bond donors (Lipinski definition) is 1. The molecule has 1 saturated heterocycles. The van der Waals surface area contributed by atoms with Crippen molar-refractivity contribution in [3.05, 3.63) is 35.1 Å². The Labute approximate surface area is 89.4 Å². The van der Waals surface area contributed by atoms with Crippen molar-refractivity contribution in [1.29, 1.82) is 0 Å². The summed E-state index contributed by atoms with van der Waals surface area (Å²) in [6, 6.07) is 5.18. The molecular formula is C12H16FNO. The lowest BCUT2D eigenvalue weighted by atomic mass is 10.0. The van der Waals surface area contributed by atoms with E-state index in [1.807, 2.05) is 13.0 Å². The molecule has 1 heterocycles. The second-order valence-electron chi connectivity index (χ2n) is 3.81. The molecule has 1 fully saturated rings. The lowest BCUT2D eigenvalue weighted by Crippen LogP contribution is -2.33. The SMILES string of the molecule is CCc1cc(F)cc(C2CNCCO2)c1. The number of rotatable bonds is 2. The lowest BCUT2D eigenvalue weighted by molar-refractivity contribution is 0.0275. The zero-order chi connectivity index (χ0) is 10.7. The molecule has 1 aromatic rings. The van der Waals surface area contributed by atoms with Gasteiger partial charge >= 0.3 is 0 Å². The van der Waals surface area contributed by atoms with E-state index in [0.29, 0.717) is 6.61 Å². The third-order valence-corrected chi connectivity index (χ3v) is 2.69. The molecule has 2 nitrogen and oxygen atoms in total. The van der Waals surface area contributed by atoms with Crippen LogP contribution in [0.3, 0.4) is 0 Å². The van der Waals surface area contributed by atoms with Crippen LogP contribution in [0.15, 0.2) is 18.2 Å². The van der Waals surface area contributed by atoms with E-state index in [1.54, 1.807) is 12.1 Å². The Hall–Kier alpha value is -0.930. The van der Waals surface area contributed by atoms with Crippen molar-refractivity contribution in [2.45, 2.75) is 19.4 Å². The van der Waals surface area contributed by atoms with Crippen LogP contribution in [0.25, 0.3) is 0 Å². The van der Waals surface area contributed by atoms with Gasteiger partial charge in [-0.1, -0.05) is 13.0 Å². The average Bonchev–Trinajstić information content (AvgIpc) is 2.29. The van der Waals surface area contributed by atoms with Crippen LogP contribution in [-0.2, 0) is 11.2 Å². The Balaban J connectivity index is 2.22. The molecule has 0 radical (unpaired) electrons. The van der Waals surface area contributed by atoms with Crippen LogP contribution in [0, 0.1) is 5.82 Å². The van der Waals surface area contributed by atoms with E-state index < -0.39 is 0 Å². The average molecular weight is 209 g/mol. The quantitative estimate of drug-likeness (QED) is 0.805. The Morgan fingerprint density at radius 1 is 1.47 bits per heavy atom. The number of benzene rings is 1. The molecule has 0 aromatic heterocycles. The molecule has 0 bridgehead atoms. The van der Waals surface area contributed by atoms with Gasteiger partial charge in [-0.3, -0.25) is 0 Å². The summed E-state index contributed by atoms with van der Waals surface area (Å²) in [7, 11) is 0. The molecule has 1 atom stereocenters. The van der Waals surface area contributed by atoms with E-state index >= 15 is 0 Å². The Morgan fingerprint density at radius 3 is 3.00 bits per heavy atom. The van der Waals surface area contributed by atoms with Gasteiger partial charge in [-0.05, 0) is 29.7 Å². The van der Waals surface area contributed by atoms with Gasteiger partial charge in [0.15, 0.2) is 0 Å². The van der Waals surface area contributed by atoms with Crippen molar-refractivity contribution in [3.8, 4) is 0 Å². The maximum absolute atomic E-state index is 13.3. The highest BCUT2D eigenvalue weighted by atomic mass is 19.1. The highest BCUT2D eigenvalue weighted by Crippen LogP contribution is 2.21. The molecule has 2 rings (SSSR count). The largest absolute Gasteiger partial charge is 0.371 e. The lowest BCUT2D eigenvalue weighted by Gasteiger charge is -2.24. The molecule has 1 N–H and O–H groups in total. The summed E-state index contributed by atoms with van der Waals surface area (Å²) >= 11 is 0. The highest BCUT2D eigenvalue weighted by Gasteiger charge is 2.16. The van der Waals surface area contributed by atoms with E-state index in [2.05, 4.69) is 5.32 Å². The summed E-state index contributed by atoms with van der Waals surface area (Å²) in [6.07, 6.45) is 0.852. The summed E-state index contributed by atoms with van der Waals surface area (Å²) < 4.78 is 18.9. The van der Waals surface area contributed by atoms with Crippen molar-refractivity contribution < 1.29 is 9.13 Å². The van der Waals surface area contributed by atoms with Crippen LogP contribution in [-0.4, -0.2) is 19.7 Å².